The normalized spacial score (nSPS) is 16.2. The van der Waals surface area contributed by atoms with Gasteiger partial charge in [0.1, 0.15) is 5.76 Å². The third-order valence-electron chi connectivity index (χ3n) is 4.20. The van der Waals surface area contributed by atoms with E-state index in [1.807, 2.05) is 0 Å². The van der Waals surface area contributed by atoms with Gasteiger partial charge in [0, 0.05) is 32.2 Å². The lowest BCUT2D eigenvalue weighted by Crippen LogP contribution is -2.41. The molecule has 1 aliphatic carbocycles. The second-order valence-electron chi connectivity index (χ2n) is 5.95. The van der Waals surface area contributed by atoms with Gasteiger partial charge in [-0.25, -0.2) is 4.79 Å². The molecule has 21 heavy (non-hydrogen) atoms. The fourth-order valence-electron chi connectivity index (χ4n) is 2.74. The number of hydrogen-bond donors (Lipinski definition) is 1. The topological polar surface area (TPSA) is 61.6 Å². The second kappa shape index (κ2) is 7.45. The Balaban J connectivity index is 1.72. The van der Waals surface area contributed by atoms with Gasteiger partial charge in [-0.15, -0.1) is 0 Å². The van der Waals surface area contributed by atoms with Crippen molar-refractivity contribution in [3.05, 3.63) is 11.8 Å². The van der Waals surface area contributed by atoms with E-state index in [0.29, 0.717) is 24.2 Å². The summed E-state index contributed by atoms with van der Waals surface area (Å²) in [5.41, 5.74) is 0. The molecule has 1 aromatic rings. The summed E-state index contributed by atoms with van der Waals surface area (Å²) in [5, 5.41) is 6.49. The summed E-state index contributed by atoms with van der Waals surface area (Å²) in [6, 6.07) is 2.23. The number of carbonyl (C=O) groups excluding carboxylic acids is 1. The SMILES string of the molecule is Cc1cc(NC(=O)N(C)CCN(C)C2CCCCC2)no1. The minimum Gasteiger partial charge on any atom is -0.360 e. The third kappa shape index (κ3) is 4.74. The first-order chi connectivity index (χ1) is 10.1. The molecule has 1 aliphatic rings. The van der Waals surface area contributed by atoms with Crippen LogP contribution in [-0.4, -0.2) is 54.2 Å². The van der Waals surface area contributed by atoms with Crippen LogP contribution in [0, 0.1) is 6.92 Å². The van der Waals surface area contributed by atoms with Crippen LogP contribution in [-0.2, 0) is 0 Å². The predicted molar refractivity (Wildman–Crippen MR) is 82.4 cm³/mol. The zero-order valence-corrected chi connectivity index (χ0v) is 13.3. The van der Waals surface area contributed by atoms with Crippen LogP contribution in [0.2, 0.25) is 0 Å². The monoisotopic (exact) mass is 294 g/mol. The molecule has 0 aliphatic heterocycles. The number of hydrogen-bond acceptors (Lipinski definition) is 4. The maximum atomic E-state index is 12.0. The van der Waals surface area contributed by atoms with Gasteiger partial charge in [0.2, 0.25) is 0 Å². The molecule has 0 radical (unpaired) electrons. The molecule has 0 aromatic carbocycles. The highest BCUT2D eigenvalue weighted by molar-refractivity contribution is 5.88. The number of nitrogens with zero attached hydrogens (tertiary/aromatic N) is 3. The summed E-state index contributed by atoms with van der Waals surface area (Å²) >= 11 is 0. The standard InChI is InChI=1S/C15H26N4O2/c1-12-11-14(17-21-12)16-15(20)19(3)10-9-18(2)13-7-5-4-6-8-13/h11,13H,4-10H2,1-3H3,(H,16,17,20). The highest BCUT2D eigenvalue weighted by atomic mass is 16.5. The van der Waals surface area contributed by atoms with Gasteiger partial charge >= 0.3 is 6.03 Å². The first-order valence-corrected chi connectivity index (χ1v) is 7.72. The van der Waals surface area contributed by atoms with Crippen LogP contribution >= 0.6 is 0 Å². The summed E-state index contributed by atoms with van der Waals surface area (Å²) in [6.45, 7) is 3.40. The van der Waals surface area contributed by atoms with Crippen LogP contribution in [0.25, 0.3) is 0 Å². The van der Waals surface area contributed by atoms with Crippen molar-refractivity contribution in [2.75, 3.05) is 32.5 Å². The third-order valence-corrected chi connectivity index (χ3v) is 4.20. The Hall–Kier alpha value is -1.56. The van der Waals surface area contributed by atoms with Crippen molar-refractivity contribution in [3.63, 3.8) is 0 Å². The lowest BCUT2D eigenvalue weighted by Gasteiger charge is -2.32. The smallest absolute Gasteiger partial charge is 0.322 e. The van der Waals surface area contributed by atoms with E-state index in [0.717, 1.165) is 6.54 Å². The number of aryl methyl sites for hydroxylation is 1. The number of urea groups is 1. The molecule has 2 amide bonds. The molecule has 0 saturated heterocycles. The maximum Gasteiger partial charge on any atom is 0.322 e. The van der Waals surface area contributed by atoms with Gasteiger partial charge < -0.3 is 14.3 Å². The van der Waals surface area contributed by atoms with Gasteiger partial charge in [0.25, 0.3) is 0 Å². The molecule has 0 spiro atoms. The van der Waals surface area contributed by atoms with Gasteiger partial charge in [-0.05, 0) is 26.8 Å². The van der Waals surface area contributed by atoms with Crippen molar-refractivity contribution in [2.45, 2.75) is 45.1 Å². The molecule has 1 aromatic heterocycles. The van der Waals surface area contributed by atoms with Crippen molar-refractivity contribution in [1.29, 1.82) is 0 Å². The molecule has 6 nitrogen and oxygen atoms in total. The molecule has 118 valence electrons. The highest BCUT2D eigenvalue weighted by Crippen LogP contribution is 2.21. The Morgan fingerprint density at radius 2 is 2.05 bits per heavy atom. The Morgan fingerprint density at radius 3 is 2.67 bits per heavy atom. The second-order valence-corrected chi connectivity index (χ2v) is 5.95. The molecular weight excluding hydrogens is 268 g/mol. The van der Waals surface area contributed by atoms with E-state index in [1.165, 1.54) is 32.1 Å². The molecule has 1 fully saturated rings. The van der Waals surface area contributed by atoms with Crippen LogP contribution in [0.3, 0.4) is 0 Å². The number of likely N-dealkylation sites (N-methyl/N-ethyl adjacent to an activating group) is 2. The van der Waals surface area contributed by atoms with Gasteiger partial charge in [-0.3, -0.25) is 5.32 Å². The highest BCUT2D eigenvalue weighted by Gasteiger charge is 2.19. The van der Waals surface area contributed by atoms with Gasteiger partial charge in [-0.1, -0.05) is 24.4 Å². The summed E-state index contributed by atoms with van der Waals surface area (Å²) in [4.78, 5) is 16.1. The summed E-state index contributed by atoms with van der Waals surface area (Å²) in [7, 11) is 3.96. The van der Waals surface area contributed by atoms with Crippen LogP contribution in [0.1, 0.15) is 37.9 Å². The number of rotatable bonds is 5. The Morgan fingerprint density at radius 1 is 1.33 bits per heavy atom. The van der Waals surface area contributed by atoms with E-state index >= 15 is 0 Å². The summed E-state index contributed by atoms with van der Waals surface area (Å²) in [5.74, 6) is 1.15. The summed E-state index contributed by atoms with van der Waals surface area (Å²) in [6.07, 6.45) is 6.59. The quantitative estimate of drug-likeness (QED) is 0.907. The van der Waals surface area contributed by atoms with E-state index in [4.69, 9.17) is 4.52 Å². The van der Waals surface area contributed by atoms with Crippen LogP contribution in [0.15, 0.2) is 10.6 Å². The molecule has 0 atom stereocenters. The zero-order valence-electron chi connectivity index (χ0n) is 13.3. The number of nitrogens with one attached hydrogen (secondary N) is 1. The number of anilines is 1. The molecular formula is C15H26N4O2. The van der Waals surface area contributed by atoms with E-state index in [9.17, 15) is 4.79 Å². The molecule has 6 heteroatoms. The van der Waals surface area contributed by atoms with Crippen LogP contribution in [0.4, 0.5) is 10.6 Å². The minimum atomic E-state index is -0.152. The first kappa shape index (κ1) is 15.8. The molecule has 1 heterocycles. The Bertz CT molecular complexity index is 454. The fraction of sp³-hybridized carbons (Fsp3) is 0.733. The van der Waals surface area contributed by atoms with Crippen LogP contribution < -0.4 is 5.32 Å². The largest absolute Gasteiger partial charge is 0.360 e. The lowest BCUT2D eigenvalue weighted by molar-refractivity contribution is 0.171. The van der Waals surface area contributed by atoms with E-state index in [2.05, 4.69) is 22.4 Å². The van der Waals surface area contributed by atoms with Gasteiger partial charge in [-0.2, -0.15) is 0 Å². The van der Waals surface area contributed by atoms with Crippen molar-refractivity contribution in [2.24, 2.45) is 0 Å². The van der Waals surface area contributed by atoms with Crippen LogP contribution in [0.5, 0.6) is 0 Å². The van der Waals surface area contributed by atoms with Crippen molar-refractivity contribution in [3.8, 4) is 0 Å². The molecule has 2 rings (SSSR count). The average molecular weight is 294 g/mol. The number of carbonyl (C=O) groups is 1. The number of amides is 2. The summed E-state index contributed by atoms with van der Waals surface area (Å²) < 4.78 is 4.93. The first-order valence-electron chi connectivity index (χ1n) is 7.72. The fourth-order valence-corrected chi connectivity index (χ4v) is 2.74. The van der Waals surface area contributed by atoms with E-state index < -0.39 is 0 Å². The van der Waals surface area contributed by atoms with Gasteiger partial charge in [0.15, 0.2) is 5.82 Å². The number of aromatic nitrogens is 1. The van der Waals surface area contributed by atoms with E-state index in [-0.39, 0.29) is 6.03 Å². The molecule has 1 saturated carbocycles. The van der Waals surface area contributed by atoms with E-state index in [1.54, 1.807) is 24.9 Å². The zero-order chi connectivity index (χ0) is 15.2. The van der Waals surface area contributed by atoms with Crippen molar-refractivity contribution >= 4 is 11.8 Å². The predicted octanol–water partition coefficient (Wildman–Crippen LogP) is 2.71. The minimum absolute atomic E-state index is 0.152. The lowest BCUT2D eigenvalue weighted by atomic mass is 9.94. The molecule has 0 bridgehead atoms. The van der Waals surface area contributed by atoms with Gasteiger partial charge in [0.05, 0.1) is 0 Å². The van der Waals surface area contributed by atoms with Crippen molar-refractivity contribution in [1.82, 2.24) is 15.0 Å². The Kier molecular flexibility index (Phi) is 5.61. The van der Waals surface area contributed by atoms with Crippen molar-refractivity contribution < 1.29 is 9.32 Å². The Labute approximate surface area is 126 Å². The molecule has 0 unspecified atom stereocenters. The maximum absolute atomic E-state index is 12.0. The average Bonchev–Trinajstić information content (AvgIpc) is 2.90. The molecule has 1 N–H and O–H groups in total.